The van der Waals surface area contributed by atoms with E-state index in [0.717, 1.165) is 19.3 Å². The van der Waals surface area contributed by atoms with Crippen molar-refractivity contribution in [2.24, 2.45) is 0 Å². The highest BCUT2D eigenvalue weighted by Crippen LogP contribution is 2.13. The topological polar surface area (TPSA) is 44.8 Å². The lowest BCUT2D eigenvalue weighted by molar-refractivity contribution is -0.185. The highest BCUT2D eigenvalue weighted by Gasteiger charge is 2.21. The average Bonchev–Trinajstić information content (AvgIpc) is 2.45. The molecule has 0 radical (unpaired) electrons. The molecule has 0 heterocycles. The highest BCUT2D eigenvalue weighted by molar-refractivity contribution is 5.74. The van der Waals surface area contributed by atoms with Gasteiger partial charge in [0.05, 0.1) is 0 Å². The molecule has 126 valence electrons. The van der Waals surface area contributed by atoms with Crippen LogP contribution in [0, 0.1) is 0 Å². The lowest BCUT2D eigenvalue weighted by Crippen LogP contribution is -2.29. The van der Waals surface area contributed by atoms with Crippen LogP contribution >= 0.6 is 0 Å². The van der Waals surface area contributed by atoms with E-state index in [2.05, 4.69) is 6.92 Å². The second-order valence-corrected chi connectivity index (χ2v) is 5.45. The first-order valence-corrected chi connectivity index (χ1v) is 8.50. The molecule has 0 rings (SSSR count). The fraction of sp³-hybridized carbons (Fsp3) is 0.941. The van der Waals surface area contributed by atoms with Crippen molar-refractivity contribution in [3.05, 3.63) is 0 Å². The second-order valence-electron chi connectivity index (χ2n) is 5.45. The number of hydrogen-bond donors (Lipinski definition) is 0. The van der Waals surface area contributed by atoms with Crippen molar-refractivity contribution in [1.29, 1.82) is 0 Å². The number of hydrogen-bond acceptors (Lipinski definition) is 4. The quantitative estimate of drug-likeness (QED) is 0.270. The monoisotopic (exact) mass is 302 g/mol. The van der Waals surface area contributed by atoms with Crippen LogP contribution in [0.2, 0.25) is 0 Å². The first kappa shape index (κ1) is 20.4. The van der Waals surface area contributed by atoms with Crippen LogP contribution in [0.25, 0.3) is 0 Å². The number of esters is 1. The Kier molecular flexibility index (Phi) is 13.9. The fourth-order valence-corrected chi connectivity index (χ4v) is 2.30. The molecule has 0 fully saturated rings. The van der Waals surface area contributed by atoms with Gasteiger partial charge < -0.3 is 14.2 Å². The SMILES string of the molecule is CCCCCCCCCCC(OC)C(=O)OC(C)OCC. The van der Waals surface area contributed by atoms with Gasteiger partial charge in [-0.1, -0.05) is 58.3 Å². The molecule has 4 nitrogen and oxygen atoms in total. The first-order chi connectivity index (χ1) is 10.2. The molecule has 4 heteroatoms. The van der Waals surface area contributed by atoms with E-state index in [1.54, 1.807) is 14.0 Å². The summed E-state index contributed by atoms with van der Waals surface area (Å²) in [5, 5.41) is 0. The van der Waals surface area contributed by atoms with Crippen LogP contribution in [0.15, 0.2) is 0 Å². The van der Waals surface area contributed by atoms with E-state index in [1.165, 1.54) is 38.5 Å². The summed E-state index contributed by atoms with van der Waals surface area (Å²) in [5.74, 6) is -0.318. The minimum Gasteiger partial charge on any atom is -0.434 e. The Balaban J connectivity index is 3.67. The van der Waals surface area contributed by atoms with Crippen molar-refractivity contribution < 1.29 is 19.0 Å². The zero-order valence-electron chi connectivity index (χ0n) is 14.4. The molecule has 0 N–H and O–H groups in total. The summed E-state index contributed by atoms with van der Waals surface area (Å²) >= 11 is 0. The average molecular weight is 302 g/mol. The van der Waals surface area contributed by atoms with Crippen molar-refractivity contribution in [2.75, 3.05) is 13.7 Å². The first-order valence-electron chi connectivity index (χ1n) is 8.50. The molecule has 0 aliphatic heterocycles. The Morgan fingerprint density at radius 3 is 2.05 bits per heavy atom. The van der Waals surface area contributed by atoms with Crippen LogP contribution in [-0.4, -0.2) is 32.1 Å². The predicted molar refractivity (Wildman–Crippen MR) is 85.2 cm³/mol. The van der Waals surface area contributed by atoms with Crippen molar-refractivity contribution in [2.45, 2.75) is 91.0 Å². The van der Waals surface area contributed by atoms with Crippen LogP contribution in [0.3, 0.4) is 0 Å². The minimum absolute atomic E-state index is 0.318. The van der Waals surface area contributed by atoms with E-state index in [4.69, 9.17) is 14.2 Å². The van der Waals surface area contributed by atoms with E-state index in [0.29, 0.717) is 6.61 Å². The summed E-state index contributed by atoms with van der Waals surface area (Å²) in [6.45, 7) is 6.36. The molecule has 2 unspecified atom stereocenters. The van der Waals surface area contributed by atoms with Gasteiger partial charge in [0, 0.05) is 13.7 Å². The van der Waals surface area contributed by atoms with Gasteiger partial charge in [-0.2, -0.15) is 0 Å². The molecule has 0 bridgehead atoms. The van der Waals surface area contributed by atoms with Gasteiger partial charge in [0.1, 0.15) is 0 Å². The van der Waals surface area contributed by atoms with Crippen LogP contribution in [0.4, 0.5) is 0 Å². The number of ether oxygens (including phenoxy) is 3. The van der Waals surface area contributed by atoms with Gasteiger partial charge in [-0.05, 0) is 20.3 Å². The number of carbonyl (C=O) groups is 1. The highest BCUT2D eigenvalue weighted by atomic mass is 16.7. The third-order valence-electron chi connectivity index (χ3n) is 3.55. The van der Waals surface area contributed by atoms with Crippen LogP contribution < -0.4 is 0 Å². The summed E-state index contributed by atoms with van der Waals surface area (Å²) in [5.41, 5.74) is 0. The normalized spacial score (nSPS) is 13.9. The fourth-order valence-electron chi connectivity index (χ4n) is 2.30. The summed E-state index contributed by atoms with van der Waals surface area (Å²) in [6, 6.07) is 0. The predicted octanol–water partition coefficient (Wildman–Crippen LogP) is 4.46. The molecule has 0 saturated carbocycles. The molecule has 0 aromatic carbocycles. The molecule has 0 saturated heterocycles. The molecular weight excluding hydrogens is 268 g/mol. The standard InChI is InChI=1S/C17H34O4/c1-5-7-8-9-10-11-12-13-14-16(19-4)17(18)21-15(3)20-6-2/h15-16H,5-14H2,1-4H3. The van der Waals surface area contributed by atoms with Gasteiger partial charge in [-0.15, -0.1) is 0 Å². The molecular formula is C17H34O4. The van der Waals surface area contributed by atoms with Gasteiger partial charge >= 0.3 is 5.97 Å². The van der Waals surface area contributed by atoms with Crippen molar-refractivity contribution in [3.63, 3.8) is 0 Å². The Labute approximate surface area is 130 Å². The maximum atomic E-state index is 11.9. The van der Waals surface area contributed by atoms with E-state index in [-0.39, 0.29) is 5.97 Å². The van der Waals surface area contributed by atoms with E-state index in [1.807, 2.05) is 6.92 Å². The summed E-state index contributed by atoms with van der Waals surface area (Å²) in [4.78, 5) is 11.9. The molecule has 0 aromatic rings. The molecule has 0 spiro atoms. The Morgan fingerprint density at radius 2 is 1.52 bits per heavy atom. The van der Waals surface area contributed by atoms with E-state index >= 15 is 0 Å². The molecule has 0 aliphatic rings. The van der Waals surface area contributed by atoms with Crippen LogP contribution in [0.1, 0.15) is 78.6 Å². The van der Waals surface area contributed by atoms with Crippen molar-refractivity contribution in [1.82, 2.24) is 0 Å². The van der Waals surface area contributed by atoms with Crippen molar-refractivity contribution in [3.8, 4) is 0 Å². The van der Waals surface area contributed by atoms with Crippen LogP contribution in [0.5, 0.6) is 0 Å². The zero-order chi connectivity index (χ0) is 15.9. The number of carbonyl (C=O) groups excluding carboxylic acids is 1. The van der Waals surface area contributed by atoms with E-state index < -0.39 is 12.4 Å². The van der Waals surface area contributed by atoms with Crippen LogP contribution in [-0.2, 0) is 19.0 Å². The smallest absolute Gasteiger partial charge is 0.337 e. The minimum atomic E-state index is -0.501. The third-order valence-corrected chi connectivity index (χ3v) is 3.55. The number of unbranched alkanes of at least 4 members (excludes halogenated alkanes) is 7. The number of methoxy groups -OCH3 is 1. The summed E-state index contributed by atoms with van der Waals surface area (Å²) in [7, 11) is 1.56. The van der Waals surface area contributed by atoms with Crippen molar-refractivity contribution >= 4 is 5.97 Å². The molecule has 2 atom stereocenters. The molecule has 0 aromatic heterocycles. The molecule has 21 heavy (non-hydrogen) atoms. The zero-order valence-corrected chi connectivity index (χ0v) is 14.4. The second kappa shape index (κ2) is 14.3. The van der Waals surface area contributed by atoms with Gasteiger partial charge in [0.15, 0.2) is 12.4 Å². The summed E-state index contributed by atoms with van der Waals surface area (Å²) < 4.78 is 15.6. The maximum absolute atomic E-state index is 11.9. The van der Waals surface area contributed by atoms with Gasteiger partial charge in [-0.3, -0.25) is 0 Å². The lowest BCUT2D eigenvalue weighted by Gasteiger charge is -2.18. The summed E-state index contributed by atoms with van der Waals surface area (Å²) in [6.07, 6.45) is 9.76. The van der Waals surface area contributed by atoms with E-state index in [9.17, 15) is 4.79 Å². The maximum Gasteiger partial charge on any atom is 0.337 e. The number of rotatable bonds is 14. The largest absolute Gasteiger partial charge is 0.434 e. The third kappa shape index (κ3) is 11.7. The van der Waals surface area contributed by atoms with Gasteiger partial charge in [-0.25, -0.2) is 4.79 Å². The Morgan fingerprint density at radius 1 is 0.952 bits per heavy atom. The van der Waals surface area contributed by atoms with Gasteiger partial charge in [0.2, 0.25) is 0 Å². The molecule has 0 aliphatic carbocycles. The molecule has 0 amide bonds. The Bertz CT molecular complexity index is 243. The Hall–Kier alpha value is -0.610. The van der Waals surface area contributed by atoms with Gasteiger partial charge in [0.25, 0.3) is 0 Å². The lowest BCUT2D eigenvalue weighted by atomic mass is 10.1.